The minimum atomic E-state index is -0.981. The number of esters is 1. The van der Waals surface area contributed by atoms with Gasteiger partial charge in [0.25, 0.3) is 0 Å². The van der Waals surface area contributed by atoms with Gasteiger partial charge < -0.3 is 14.8 Å². The van der Waals surface area contributed by atoms with Crippen molar-refractivity contribution >= 4 is 52.4 Å². The standard InChI is InChI=1S/C25H21Cl2N3O5/c1-14-4-6-16(7-5-14)25(33)35-21-11-8-17(12-22(21)34-3)15(2)29-30-24(32)23(31)28-18-9-10-19(26)20(27)13-18/h4-13H,1-3H3,(H,28,31)(H,30,32)/b29-15+. The average Bonchev–Trinajstić information content (AvgIpc) is 2.85. The van der Waals surface area contributed by atoms with Crippen molar-refractivity contribution in [3.8, 4) is 11.5 Å². The topological polar surface area (TPSA) is 106 Å². The molecule has 0 saturated carbocycles. The van der Waals surface area contributed by atoms with E-state index >= 15 is 0 Å². The van der Waals surface area contributed by atoms with Gasteiger partial charge in [-0.05, 0) is 62.4 Å². The van der Waals surface area contributed by atoms with E-state index in [1.165, 1.54) is 25.3 Å². The number of anilines is 1. The Kier molecular flexibility index (Phi) is 8.46. The number of amides is 2. The van der Waals surface area contributed by atoms with E-state index < -0.39 is 17.8 Å². The quantitative estimate of drug-likeness (QED) is 0.158. The lowest BCUT2D eigenvalue weighted by Crippen LogP contribution is -2.32. The maximum atomic E-state index is 12.4. The Hall–Kier alpha value is -3.88. The second-order valence-electron chi connectivity index (χ2n) is 7.34. The van der Waals surface area contributed by atoms with Crippen molar-refractivity contribution in [3.63, 3.8) is 0 Å². The number of methoxy groups -OCH3 is 1. The third kappa shape index (κ3) is 6.81. The number of nitrogens with zero attached hydrogens (tertiary/aromatic N) is 1. The van der Waals surface area contributed by atoms with E-state index in [9.17, 15) is 14.4 Å². The molecule has 0 radical (unpaired) electrons. The minimum Gasteiger partial charge on any atom is -0.493 e. The molecule has 0 aromatic heterocycles. The number of carbonyl (C=O) groups is 3. The monoisotopic (exact) mass is 513 g/mol. The van der Waals surface area contributed by atoms with E-state index in [4.69, 9.17) is 32.7 Å². The molecule has 3 aromatic rings. The molecular weight excluding hydrogens is 493 g/mol. The lowest BCUT2D eigenvalue weighted by Gasteiger charge is -2.11. The van der Waals surface area contributed by atoms with Gasteiger partial charge in [-0.3, -0.25) is 9.59 Å². The van der Waals surface area contributed by atoms with Gasteiger partial charge in [0.15, 0.2) is 11.5 Å². The summed E-state index contributed by atoms with van der Waals surface area (Å²) in [5.41, 5.74) is 4.88. The zero-order chi connectivity index (χ0) is 25.5. The number of hydrogen-bond acceptors (Lipinski definition) is 6. The first-order valence-corrected chi connectivity index (χ1v) is 11.0. The predicted molar refractivity (Wildman–Crippen MR) is 135 cm³/mol. The van der Waals surface area contributed by atoms with Crippen LogP contribution in [-0.4, -0.2) is 30.6 Å². The van der Waals surface area contributed by atoms with Crippen molar-refractivity contribution in [2.24, 2.45) is 5.10 Å². The van der Waals surface area contributed by atoms with Crippen LogP contribution in [-0.2, 0) is 9.59 Å². The summed E-state index contributed by atoms with van der Waals surface area (Å²) in [7, 11) is 1.43. The molecule has 0 bridgehead atoms. The zero-order valence-electron chi connectivity index (χ0n) is 19.0. The smallest absolute Gasteiger partial charge is 0.343 e. The summed E-state index contributed by atoms with van der Waals surface area (Å²) in [6.45, 7) is 3.55. The largest absolute Gasteiger partial charge is 0.493 e. The highest BCUT2D eigenvalue weighted by atomic mass is 35.5. The summed E-state index contributed by atoms with van der Waals surface area (Å²) in [4.78, 5) is 36.6. The predicted octanol–water partition coefficient (Wildman–Crippen LogP) is 5.01. The molecule has 0 spiro atoms. The molecule has 0 fully saturated rings. The second-order valence-corrected chi connectivity index (χ2v) is 8.16. The van der Waals surface area contributed by atoms with E-state index in [1.807, 2.05) is 19.1 Å². The van der Waals surface area contributed by atoms with E-state index in [2.05, 4.69) is 15.8 Å². The third-order valence-corrected chi connectivity index (χ3v) is 5.52. The Morgan fingerprint density at radius 3 is 2.17 bits per heavy atom. The highest BCUT2D eigenvalue weighted by Gasteiger charge is 2.16. The Balaban J connectivity index is 1.66. The third-order valence-electron chi connectivity index (χ3n) is 4.78. The van der Waals surface area contributed by atoms with Crippen LogP contribution in [0.25, 0.3) is 0 Å². The summed E-state index contributed by atoms with van der Waals surface area (Å²) >= 11 is 11.7. The molecule has 8 nitrogen and oxygen atoms in total. The molecule has 0 heterocycles. The highest BCUT2D eigenvalue weighted by molar-refractivity contribution is 6.43. The molecule has 0 atom stereocenters. The van der Waals surface area contributed by atoms with Gasteiger partial charge in [0.05, 0.1) is 28.4 Å². The van der Waals surface area contributed by atoms with Crippen LogP contribution in [0, 0.1) is 6.92 Å². The summed E-state index contributed by atoms with van der Waals surface area (Å²) in [6, 6.07) is 16.2. The van der Waals surface area contributed by atoms with Crippen LogP contribution in [0.2, 0.25) is 10.0 Å². The van der Waals surface area contributed by atoms with Crippen LogP contribution in [0.15, 0.2) is 65.8 Å². The number of benzene rings is 3. The highest BCUT2D eigenvalue weighted by Crippen LogP contribution is 2.29. The summed E-state index contributed by atoms with van der Waals surface area (Å²) < 4.78 is 10.8. The molecule has 2 N–H and O–H groups in total. The summed E-state index contributed by atoms with van der Waals surface area (Å²) in [5, 5.41) is 6.92. The second kappa shape index (κ2) is 11.5. The van der Waals surface area contributed by atoms with Crippen molar-refractivity contribution in [2.45, 2.75) is 13.8 Å². The van der Waals surface area contributed by atoms with Crippen LogP contribution < -0.4 is 20.2 Å². The van der Waals surface area contributed by atoms with Crippen molar-refractivity contribution in [1.82, 2.24) is 5.43 Å². The molecule has 0 aliphatic rings. The van der Waals surface area contributed by atoms with Gasteiger partial charge in [0, 0.05) is 11.3 Å². The molecule has 0 unspecified atom stereocenters. The fraction of sp³-hybridized carbons (Fsp3) is 0.120. The Bertz CT molecular complexity index is 1310. The Morgan fingerprint density at radius 2 is 1.51 bits per heavy atom. The van der Waals surface area contributed by atoms with Gasteiger partial charge in [-0.2, -0.15) is 5.10 Å². The van der Waals surface area contributed by atoms with Crippen LogP contribution in [0.3, 0.4) is 0 Å². The molecule has 180 valence electrons. The fourth-order valence-corrected chi connectivity index (χ4v) is 3.14. The van der Waals surface area contributed by atoms with Gasteiger partial charge in [-0.1, -0.05) is 40.9 Å². The first kappa shape index (κ1) is 25.7. The molecule has 0 aliphatic heterocycles. The first-order valence-electron chi connectivity index (χ1n) is 10.3. The average molecular weight is 514 g/mol. The lowest BCUT2D eigenvalue weighted by atomic mass is 10.1. The Labute approximate surface area is 211 Å². The van der Waals surface area contributed by atoms with Crippen molar-refractivity contribution in [1.29, 1.82) is 0 Å². The maximum Gasteiger partial charge on any atom is 0.343 e. The number of ether oxygens (including phenoxy) is 2. The number of aryl methyl sites for hydroxylation is 1. The summed E-state index contributed by atoms with van der Waals surface area (Å²) in [5.74, 6) is -1.93. The van der Waals surface area contributed by atoms with Gasteiger partial charge in [-0.25, -0.2) is 10.2 Å². The first-order chi connectivity index (χ1) is 16.7. The van der Waals surface area contributed by atoms with E-state index in [0.717, 1.165) is 5.56 Å². The maximum absolute atomic E-state index is 12.4. The van der Waals surface area contributed by atoms with Crippen molar-refractivity contribution in [2.75, 3.05) is 12.4 Å². The van der Waals surface area contributed by atoms with Crippen LogP contribution >= 0.6 is 23.2 Å². The van der Waals surface area contributed by atoms with Crippen LogP contribution in [0.1, 0.15) is 28.4 Å². The van der Waals surface area contributed by atoms with Crippen molar-refractivity contribution in [3.05, 3.63) is 87.4 Å². The zero-order valence-corrected chi connectivity index (χ0v) is 20.5. The lowest BCUT2D eigenvalue weighted by molar-refractivity contribution is -0.136. The fourth-order valence-electron chi connectivity index (χ4n) is 2.84. The molecule has 35 heavy (non-hydrogen) atoms. The number of hydrazone groups is 1. The van der Waals surface area contributed by atoms with Crippen molar-refractivity contribution < 1.29 is 23.9 Å². The number of rotatable bonds is 6. The minimum absolute atomic E-state index is 0.222. The number of halogens is 2. The van der Waals surface area contributed by atoms with Crippen LogP contribution in [0.4, 0.5) is 5.69 Å². The van der Waals surface area contributed by atoms with E-state index in [1.54, 1.807) is 37.3 Å². The number of nitrogens with one attached hydrogen (secondary N) is 2. The van der Waals surface area contributed by atoms with Gasteiger partial charge in [-0.15, -0.1) is 0 Å². The van der Waals surface area contributed by atoms with Crippen LogP contribution in [0.5, 0.6) is 11.5 Å². The van der Waals surface area contributed by atoms with Gasteiger partial charge >= 0.3 is 17.8 Å². The molecule has 0 aliphatic carbocycles. The van der Waals surface area contributed by atoms with Gasteiger partial charge in [0.1, 0.15) is 0 Å². The molecule has 10 heteroatoms. The molecule has 3 rings (SSSR count). The molecular formula is C25H21Cl2N3O5. The molecule has 0 saturated heterocycles. The normalized spacial score (nSPS) is 10.9. The molecule has 3 aromatic carbocycles. The summed E-state index contributed by atoms with van der Waals surface area (Å²) in [6.07, 6.45) is 0. The van der Waals surface area contributed by atoms with E-state index in [0.29, 0.717) is 33.3 Å². The number of hydrogen-bond donors (Lipinski definition) is 2. The molecule has 2 amide bonds. The Morgan fingerprint density at radius 1 is 0.829 bits per heavy atom. The van der Waals surface area contributed by atoms with E-state index in [-0.39, 0.29) is 10.8 Å². The number of carbonyl (C=O) groups excluding carboxylic acids is 3. The van der Waals surface area contributed by atoms with Gasteiger partial charge in [0.2, 0.25) is 0 Å². The SMILES string of the molecule is COc1cc(/C(C)=N/NC(=O)C(=O)Nc2ccc(Cl)c(Cl)c2)ccc1OC(=O)c1ccc(C)cc1.